The molecule has 2 aromatic rings. The summed E-state index contributed by atoms with van der Waals surface area (Å²) >= 11 is 2.11. The minimum Gasteiger partial charge on any atom is -0.496 e. The topological polar surface area (TPSA) is 106 Å². The summed E-state index contributed by atoms with van der Waals surface area (Å²) in [5.41, 5.74) is 3.86. The molecule has 1 heterocycles. The number of ether oxygens (including phenoxy) is 2. The standard InChI is InChI=1S/C19H19IN4O5/c1-28-18-11-14(3-4-15(18)20)19(25)22-21-12-13-2-5-16(17(10-13)24(26)27)23-6-8-29-9-7-23/h2-5,10-12H,6-9H2,1H3,(H,22,25)/b21-12+. The number of hydrogen-bond acceptors (Lipinski definition) is 7. The zero-order valence-electron chi connectivity index (χ0n) is 15.6. The van der Waals surface area contributed by atoms with E-state index >= 15 is 0 Å². The van der Waals surface area contributed by atoms with Gasteiger partial charge in [0, 0.05) is 30.3 Å². The van der Waals surface area contributed by atoms with Crippen molar-refractivity contribution in [2.75, 3.05) is 38.3 Å². The van der Waals surface area contributed by atoms with E-state index in [1.807, 2.05) is 4.90 Å². The van der Waals surface area contributed by atoms with Crippen molar-refractivity contribution in [2.24, 2.45) is 5.10 Å². The number of nitrogens with zero attached hydrogens (tertiary/aromatic N) is 3. The van der Waals surface area contributed by atoms with E-state index in [1.54, 1.807) is 30.3 Å². The van der Waals surface area contributed by atoms with Crippen molar-refractivity contribution >= 4 is 46.1 Å². The summed E-state index contributed by atoms with van der Waals surface area (Å²) in [7, 11) is 1.53. The van der Waals surface area contributed by atoms with E-state index in [4.69, 9.17) is 9.47 Å². The van der Waals surface area contributed by atoms with Gasteiger partial charge >= 0.3 is 0 Å². The van der Waals surface area contributed by atoms with Gasteiger partial charge < -0.3 is 14.4 Å². The molecule has 9 nitrogen and oxygen atoms in total. The number of hydrazone groups is 1. The number of benzene rings is 2. The van der Waals surface area contributed by atoms with Crippen LogP contribution in [0.5, 0.6) is 5.75 Å². The van der Waals surface area contributed by atoms with Crippen LogP contribution in [-0.2, 0) is 4.74 Å². The lowest BCUT2D eigenvalue weighted by Gasteiger charge is -2.28. The third-order valence-electron chi connectivity index (χ3n) is 4.34. The van der Waals surface area contributed by atoms with E-state index in [0.29, 0.717) is 48.9 Å². The first-order valence-corrected chi connectivity index (χ1v) is 9.85. The van der Waals surface area contributed by atoms with Crippen molar-refractivity contribution in [3.05, 3.63) is 61.2 Å². The molecule has 1 aliphatic heterocycles. The monoisotopic (exact) mass is 510 g/mol. The van der Waals surface area contributed by atoms with Crippen LogP contribution >= 0.6 is 22.6 Å². The van der Waals surface area contributed by atoms with Crippen LogP contribution in [0.1, 0.15) is 15.9 Å². The summed E-state index contributed by atoms with van der Waals surface area (Å²) in [5, 5.41) is 15.4. The molecule has 10 heteroatoms. The van der Waals surface area contributed by atoms with Crippen LogP contribution in [0.25, 0.3) is 0 Å². The average Bonchev–Trinajstić information content (AvgIpc) is 2.74. The average molecular weight is 510 g/mol. The van der Waals surface area contributed by atoms with E-state index in [9.17, 15) is 14.9 Å². The number of anilines is 1. The first-order chi connectivity index (χ1) is 14.0. The van der Waals surface area contributed by atoms with Gasteiger partial charge in [-0.2, -0.15) is 5.10 Å². The van der Waals surface area contributed by atoms with Gasteiger partial charge in [-0.15, -0.1) is 0 Å². The van der Waals surface area contributed by atoms with Crippen LogP contribution < -0.4 is 15.1 Å². The summed E-state index contributed by atoms with van der Waals surface area (Å²) < 4.78 is 11.4. The van der Waals surface area contributed by atoms with E-state index in [0.717, 1.165) is 3.57 Å². The van der Waals surface area contributed by atoms with Crippen LogP contribution in [-0.4, -0.2) is 50.5 Å². The molecule has 0 saturated carbocycles. The number of amides is 1. The molecular weight excluding hydrogens is 491 g/mol. The van der Waals surface area contributed by atoms with Gasteiger partial charge in [-0.05, 0) is 46.9 Å². The first kappa shape index (κ1) is 21.0. The SMILES string of the molecule is COc1cc(C(=O)N/N=C/c2ccc(N3CCOCC3)c([N+](=O)[O-])c2)ccc1I. The molecule has 0 spiro atoms. The van der Waals surface area contributed by atoms with Crippen LogP contribution in [0, 0.1) is 13.7 Å². The van der Waals surface area contributed by atoms with Crippen molar-refractivity contribution in [1.29, 1.82) is 0 Å². The first-order valence-electron chi connectivity index (χ1n) is 8.77. The Morgan fingerprint density at radius 2 is 2.07 bits per heavy atom. The maximum absolute atomic E-state index is 12.2. The quantitative estimate of drug-likeness (QED) is 0.277. The van der Waals surface area contributed by atoms with E-state index < -0.39 is 10.8 Å². The molecule has 0 radical (unpaired) electrons. The summed E-state index contributed by atoms with van der Waals surface area (Å²) in [4.78, 5) is 25.2. The van der Waals surface area contributed by atoms with E-state index in [1.165, 1.54) is 19.4 Å². The number of nitro groups is 1. The molecule has 1 N–H and O–H groups in total. The predicted octanol–water partition coefficient (Wildman–Crippen LogP) is 2.81. The van der Waals surface area contributed by atoms with Crippen LogP contribution in [0.15, 0.2) is 41.5 Å². The lowest BCUT2D eigenvalue weighted by molar-refractivity contribution is -0.384. The van der Waals surface area contributed by atoms with Gasteiger partial charge in [-0.3, -0.25) is 14.9 Å². The smallest absolute Gasteiger partial charge is 0.293 e. The van der Waals surface area contributed by atoms with Gasteiger partial charge in [0.25, 0.3) is 11.6 Å². The minimum absolute atomic E-state index is 0.00968. The Bertz CT molecular complexity index is 944. The molecule has 1 saturated heterocycles. The number of nitrogens with one attached hydrogen (secondary N) is 1. The second-order valence-electron chi connectivity index (χ2n) is 6.15. The maximum Gasteiger partial charge on any atom is 0.293 e. The molecule has 0 atom stereocenters. The normalized spacial score (nSPS) is 14.1. The summed E-state index contributed by atoms with van der Waals surface area (Å²) in [6.45, 7) is 2.28. The van der Waals surface area contributed by atoms with Crippen LogP contribution in [0.3, 0.4) is 0 Å². The highest BCUT2D eigenvalue weighted by Gasteiger charge is 2.21. The number of nitro benzene ring substituents is 1. The van der Waals surface area contributed by atoms with Gasteiger partial charge in [0.15, 0.2) is 0 Å². The molecule has 152 valence electrons. The highest BCUT2D eigenvalue weighted by atomic mass is 127. The molecule has 3 rings (SSSR count). The molecule has 0 unspecified atom stereocenters. The van der Waals surface area contributed by atoms with E-state index in [-0.39, 0.29) is 5.69 Å². The van der Waals surface area contributed by atoms with Crippen LogP contribution in [0.2, 0.25) is 0 Å². The molecule has 29 heavy (non-hydrogen) atoms. The zero-order valence-corrected chi connectivity index (χ0v) is 17.8. The van der Waals surface area contributed by atoms with Crippen molar-refractivity contribution in [2.45, 2.75) is 0 Å². The lowest BCUT2D eigenvalue weighted by Crippen LogP contribution is -2.36. The summed E-state index contributed by atoms with van der Waals surface area (Å²) in [6, 6.07) is 9.91. The molecule has 0 bridgehead atoms. The molecule has 1 amide bonds. The number of carbonyl (C=O) groups excluding carboxylic acids is 1. The second-order valence-corrected chi connectivity index (χ2v) is 7.32. The molecule has 2 aromatic carbocycles. The van der Waals surface area contributed by atoms with Crippen molar-refractivity contribution < 1.29 is 19.2 Å². The number of morpholine rings is 1. The van der Waals surface area contributed by atoms with Gasteiger partial charge in [0.2, 0.25) is 0 Å². The van der Waals surface area contributed by atoms with Gasteiger partial charge in [-0.1, -0.05) is 6.07 Å². The fourth-order valence-corrected chi connectivity index (χ4v) is 3.43. The minimum atomic E-state index is -0.418. The highest BCUT2D eigenvalue weighted by Crippen LogP contribution is 2.29. The predicted molar refractivity (Wildman–Crippen MR) is 117 cm³/mol. The number of methoxy groups -OCH3 is 1. The zero-order chi connectivity index (χ0) is 20.8. The molecular formula is C19H19IN4O5. The summed E-state index contributed by atoms with van der Waals surface area (Å²) in [6.07, 6.45) is 1.37. The Morgan fingerprint density at radius 3 is 2.76 bits per heavy atom. The number of halogens is 1. The highest BCUT2D eigenvalue weighted by molar-refractivity contribution is 14.1. The van der Waals surface area contributed by atoms with Crippen molar-refractivity contribution in [3.8, 4) is 5.75 Å². The number of rotatable bonds is 6. The van der Waals surface area contributed by atoms with Crippen molar-refractivity contribution in [3.63, 3.8) is 0 Å². The number of hydrogen-bond donors (Lipinski definition) is 1. The third kappa shape index (κ3) is 5.21. The Kier molecular flexibility index (Phi) is 6.99. The largest absolute Gasteiger partial charge is 0.496 e. The van der Waals surface area contributed by atoms with Crippen molar-refractivity contribution in [1.82, 2.24) is 5.43 Å². The molecule has 1 fully saturated rings. The third-order valence-corrected chi connectivity index (χ3v) is 5.23. The molecule has 0 aliphatic carbocycles. The van der Waals surface area contributed by atoms with E-state index in [2.05, 4.69) is 33.1 Å². The fourth-order valence-electron chi connectivity index (χ4n) is 2.87. The second kappa shape index (κ2) is 9.65. The Balaban J connectivity index is 1.72. The summed E-state index contributed by atoms with van der Waals surface area (Å²) in [5.74, 6) is 0.187. The molecule has 0 aromatic heterocycles. The Labute approximate surface area is 181 Å². The lowest BCUT2D eigenvalue weighted by atomic mass is 10.1. The maximum atomic E-state index is 12.2. The molecule has 1 aliphatic rings. The van der Waals surface area contributed by atoms with Gasteiger partial charge in [0.05, 0.1) is 35.0 Å². The Hall–Kier alpha value is -2.73. The fraction of sp³-hybridized carbons (Fsp3) is 0.263. The van der Waals surface area contributed by atoms with Gasteiger partial charge in [0.1, 0.15) is 11.4 Å². The van der Waals surface area contributed by atoms with Gasteiger partial charge in [-0.25, -0.2) is 5.43 Å². The number of carbonyl (C=O) groups is 1. The van der Waals surface area contributed by atoms with Crippen LogP contribution in [0.4, 0.5) is 11.4 Å². The Morgan fingerprint density at radius 1 is 1.31 bits per heavy atom.